The molecule has 31 heavy (non-hydrogen) atoms. The molecule has 0 aliphatic carbocycles. The molecular formula is C22H31N7O2. The molecule has 0 amide bonds. The zero-order chi connectivity index (χ0) is 20.9. The minimum Gasteiger partial charge on any atom is -0.378 e. The molecule has 0 unspecified atom stereocenters. The summed E-state index contributed by atoms with van der Waals surface area (Å²) in [5, 5.41) is 0. The first-order valence-electron chi connectivity index (χ1n) is 11.3. The van der Waals surface area contributed by atoms with Crippen LogP contribution in [0.5, 0.6) is 0 Å². The summed E-state index contributed by atoms with van der Waals surface area (Å²) in [7, 11) is 0. The normalized spacial score (nSPS) is 20.8. The van der Waals surface area contributed by atoms with Crippen molar-refractivity contribution in [2.75, 3.05) is 93.5 Å². The van der Waals surface area contributed by atoms with E-state index in [4.69, 9.17) is 24.4 Å². The van der Waals surface area contributed by atoms with Gasteiger partial charge in [-0.1, -0.05) is 30.3 Å². The molecule has 3 fully saturated rings. The zero-order valence-electron chi connectivity index (χ0n) is 18.0. The summed E-state index contributed by atoms with van der Waals surface area (Å²) in [6, 6.07) is 10.7. The summed E-state index contributed by atoms with van der Waals surface area (Å²) >= 11 is 0. The van der Waals surface area contributed by atoms with Crippen molar-refractivity contribution in [3.63, 3.8) is 0 Å². The monoisotopic (exact) mass is 425 g/mol. The van der Waals surface area contributed by atoms with E-state index in [1.54, 1.807) is 0 Å². The number of anilines is 3. The fourth-order valence-corrected chi connectivity index (χ4v) is 4.24. The molecule has 0 atom stereocenters. The highest BCUT2D eigenvalue weighted by atomic mass is 16.5. The summed E-state index contributed by atoms with van der Waals surface area (Å²) in [5.41, 5.74) is 1.36. The standard InChI is InChI=1S/C22H31N7O2/c1-2-4-19(5-3-1)18-26-6-8-27(9-7-26)20-23-21(28-10-14-30-15-11-28)25-22(24-20)29-12-16-31-17-13-29/h1-5H,6-18H2. The molecular weight excluding hydrogens is 394 g/mol. The van der Waals surface area contributed by atoms with Gasteiger partial charge in [-0.05, 0) is 5.56 Å². The van der Waals surface area contributed by atoms with Gasteiger partial charge in [0.1, 0.15) is 0 Å². The van der Waals surface area contributed by atoms with E-state index in [-0.39, 0.29) is 0 Å². The fourth-order valence-electron chi connectivity index (χ4n) is 4.24. The Hall–Kier alpha value is -2.49. The second kappa shape index (κ2) is 9.76. The summed E-state index contributed by atoms with van der Waals surface area (Å²) in [5.74, 6) is 2.32. The molecule has 0 saturated carbocycles. The molecule has 5 rings (SSSR count). The number of hydrogen-bond donors (Lipinski definition) is 0. The second-order valence-electron chi connectivity index (χ2n) is 8.18. The van der Waals surface area contributed by atoms with Gasteiger partial charge in [-0.25, -0.2) is 0 Å². The number of nitrogens with zero attached hydrogens (tertiary/aromatic N) is 7. The Morgan fingerprint density at radius 1 is 0.581 bits per heavy atom. The van der Waals surface area contributed by atoms with Gasteiger partial charge in [0, 0.05) is 58.9 Å². The number of aromatic nitrogens is 3. The number of morpholine rings is 2. The number of ether oxygens (including phenoxy) is 2. The van der Waals surface area contributed by atoms with Crippen molar-refractivity contribution >= 4 is 17.8 Å². The van der Waals surface area contributed by atoms with Gasteiger partial charge in [-0.2, -0.15) is 15.0 Å². The Labute approximate surface area is 183 Å². The molecule has 9 nitrogen and oxygen atoms in total. The molecule has 1 aromatic heterocycles. The summed E-state index contributed by atoms with van der Waals surface area (Å²) in [6.07, 6.45) is 0. The highest BCUT2D eigenvalue weighted by Gasteiger charge is 2.25. The molecule has 0 N–H and O–H groups in total. The minimum atomic E-state index is 0.714. The molecule has 3 aliphatic rings. The quantitative estimate of drug-likeness (QED) is 0.694. The van der Waals surface area contributed by atoms with Crippen LogP contribution < -0.4 is 14.7 Å². The smallest absolute Gasteiger partial charge is 0.232 e. The maximum absolute atomic E-state index is 5.52. The van der Waals surface area contributed by atoms with E-state index in [1.807, 2.05) is 0 Å². The molecule has 166 valence electrons. The maximum Gasteiger partial charge on any atom is 0.232 e. The van der Waals surface area contributed by atoms with E-state index >= 15 is 0 Å². The third-order valence-corrected chi connectivity index (χ3v) is 6.09. The Morgan fingerprint density at radius 2 is 1.03 bits per heavy atom. The lowest BCUT2D eigenvalue weighted by atomic mass is 10.2. The topological polar surface area (TPSA) is 70.1 Å². The van der Waals surface area contributed by atoms with Gasteiger partial charge < -0.3 is 24.2 Å². The SMILES string of the molecule is c1ccc(CN2CCN(c3nc(N4CCOCC4)nc(N4CCOCC4)n3)CC2)cc1. The predicted octanol–water partition coefficient (Wildman–Crippen LogP) is 0.867. The van der Waals surface area contributed by atoms with Crippen molar-refractivity contribution < 1.29 is 9.47 Å². The van der Waals surface area contributed by atoms with Crippen molar-refractivity contribution in [2.45, 2.75) is 6.54 Å². The first-order chi connectivity index (χ1) is 15.3. The van der Waals surface area contributed by atoms with Gasteiger partial charge in [0.15, 0.2) is 0 Å². The molecule has 3 aliphatic heterocycles. The van der Waals surface area contributed by atoms with Gasteiger partial charge in [0.05, 0.1) is 26.4 Å². The first-order valence-corrected chi connectivity index (χ1v) is 11.3. The van der Waals surface area contributed by atoms with E-state index in [0.29, 0.717) is 26.4 Å². The van der Waals surface area contributed by atoms with Crippen LogP contribution in [0.15, 0.2) is 30.3 Å². The molecule has 3 saturated heterocycles. The summed E-state index contributed by atoms with van der Waals surface area (Å²) in [4.78, 5) is 23.8. The third kappa shape index (κ3) is 5.06. The Balaban J connectivity index is 1.31. The number of piperazine rings is 1. The van der Waals surface area contributed by atoms with Crippen LogP contribution in [0.2, 0.25) is 0 Å². The van der Waals surface area contributed by atoms with Gasteiger partial charge in [-0.3, -0.25) is 4.90 Å². The van der Waals surface area contributed by atoms with Crippen molar-refractivity contribution in [3.05, 3.63) is 35.9 Å². The Bertz CT molecular complexity index is 797. The second-order valence-corrected chi connectivity index (χ2v) is 8.18. The third-order valence-electron chi connectivity index (χ3n) is 6.09. The number of hydrogen-bond acceptors (Lipinski definition) is 9. The van der Waals surface area contributed by atoms with Crippen molar-refractivity contribution in [2.24, 2.45) is 0 Å². The fraction of sp³-hybridized carbons (Fsp3) is 0.591. The molecule has 0 radical (unpaired) electrons. The van der Waals surface area contributed by atoms with Crippen LogP contribution in [-0.2, 0) is 16.0 Å². The highest BCUT2D eigenvalue weighted by molar-refractivity contribution is 5.47. The van der Waals surface area contributed by atoms with Gasteiger partial charge in [0.25, 0.3) is 0 Å². The average molecular weight is 426 g/mol. The maximum atomic E-state index is 5.52. The van der Waals surface area contributed by atoms with Crippen molar-refractivity contribution in [3.8, 4) is 0 Å². The van der Waals surface area contributed by atoms with Crippen LogP contribution in [-0.4, -0.2) is 98.6 Å². The van der Waals surface area contributed by atoms with Crippen molar-refractivity contribution in [1.82, 2.24) is 19.9 Å². The van der Waals surface area contributed by atoms with Crippen LogP contribution in [0.3, 0.4) is 0 Å². The molecule has 9 heteroatoms. The van der Waals surface area contributed by atoms with Crippen molar-refractivity contribution in [1.29, 1.82) is 0 Å². The highest BCUT2D eigenvalue weighted by Crippen LogP contribution is 2.22. The number of benzene rings is 1. The zero-order valence-corrected chi connectivity index (χ0v) is 18.0. The summed E-state index contributed by atoms with van der Waals surface area (Å²) < 4.78 is 11.0. The summed E-state index contributed by atoms with van der Waals surface area (Å²) in [6.45, 7) is 11.0. The van der Waals surface area contributed by atoms with Gasteiger partial charge in [0.2, 0.25) is 17.8 Å². The predicted molar refractivity (Wildman–Crippen MR) is 120 cm³/mol. The van der Waals surface area contributed by atoms with Crippen LogP contribution >= 0.6 is 0 Å². The lowest BCUT2D eigenvalue weighted by molar-refractivity contribution is 0.121. The Kier molecular flexibility index (Phi) is 6.43. The minimum absolute atomic E-state index is 0.714. The first kappa shape index (κ1) is 20.4. The largest absolute Gasteiger partial charge is 0.378 e. The van der Waals surface area contributed by atoms with Gasteiger partial charge in [-0.15, -0.1) is 0 Å². The lowest BCUT2D eigenvalue weighted by Crippen LogP contribution is -2.47. The van der Waals surface area contributed by atoms with E-state index < -0.39 is 0 Å². The molecule has 4 heterocycles. The lowest BCUT2D eigenvalue weighted by Gasteiger charge is -2.36. The van der Waals surface area contributed by atoms with Gasteiger partial charge >= 0.3 is 0 Å². The van der Waals surface area contributed by atoms with Crippen LogP contribution in [0.4, 0.5) is 17.8 Å². The number of rotatable bonds is 5. The average Bonchev–Trinajstić information content (AvgIpc) is 2.86. The van der Waals surface area contributed by atoms with Crippen LogP contribution in [0, 0.1) is 0 Å². The van der Waals surface area contributed by atoms with E-state index in [2.05, 4.69) is 49.9 Å². The molecule has 1 aromatic carbocycles. The van der Waals surface area contributed by atoms with Crippen LogP contribution in [0.25, 0.3) is 0 Å². The molecule has 0 spiro atoms. The van der Waals surface area contributed by atoms with E-state index in [0.717, 1.165) is 76.7 Å². The molecule has 2 aromatic rings. The Morgan fingerprint density at radius 3 is 1.52 bits per heavy atom. The van der Waals surface area contributed by atoms with Crippen LogP contribution in [0.1, 0.15) is 5.56 Å². The molecule has 0 bridgehead atoms. The van der Waals surface area contributed by atoms with E-state index in [9.17, 15) is 0 Å². The van der Waals surface area contributed by atoms with E-state index in [1.165, 1.54) is 5.56 Å².